The van der Waals surface area contributed by atoms with Crippen LogP contribution in [0, 0.1) is 12.8 Å². The van der Waals surface area contributed by atoms with Gasteiger partial charge in [0.1, 0.15) is 30.1 Å². The first-order valence-corrected chi connectivity index (χ1v) is 8.98. The topological polar surface area (TPSA) is 88.8 Å². The van der Waals surface area contributed by atoms with E-state index in [1.807, 2.05) is 35.9 Å². The summed E-state index contributed by atoms with van der Waals surface area (Å²) in [4.78, 5) is 31.6. The van der Waals surface area contributed by atoms with Crippen LogP contribution in [0.1, 0.15) is 18.4 Å². The highest BCUT2D eigenvalue weighted by Crippen LogP contribution is 2.23. The third-order valence-electron chi connectivity index (χ3n) is 4.76. The smallest absolute Gasteiger partial charge is 0.228 e. The van der Waals surface area contributed by atoms with Crippen LogP contribution in [0.25, 0.3) is 5.82 Å². The van der Waals surface area contributed by atoms with Gasteiger partial charge in [0.05, 0.1) is 0 Å². The fourth-order valence-electron chi connectivity index (χ4n) is 3.25. The molecule has 8 nitrogen and oxygen atoms in total. The Kier molecular flexibility index (Phi) is 4.78. The Morgan fingerprint density at radius 2 is 1.93 bits per heavy atom. The van der Waals surface area contributed by atoms with Crippen molar-refractivity contribution >= 4 is 17.5 Å². The maximum absolute atomic E-state index is 12.5. The molecule has 1 saturated heterocycles. The molecule has 0 radical (unpaired) electrons. The van der Waals surface area contributed by atoms with E-state index in [0.717, 1.165) is 43.1 Å². The zero-order valence-electron chi connectivity index (χ0n) is 15.1. The molecule has 1 amide bonds. The number of imidazole rings is 1. The minimum Gasteiger partial charge on any atom is -0.356 e. The maximum Gasteiger partial charge on any atom is 0.228 e. The van der Waals surface area contributed by atoms with Crippen LogP contribution in [0.2, 0.25) is 0 Å². The van der Waals surface area contributed by atoms with E-state index in [-0.39, 0.29) is 11.8 Å². The molecule has 1 fully saturated rings. The van der Waals surface area contributed by atoms with Gasteiger partial charge in [0, 0.05) is 43.7 Å². The van der Waals surface area contributed by atoms with Gasteiger partial charge in [0.2, 0.25) is 5.91 Å². The number of pyridine rings is 1. The summed E-state index contributed by atoms with van der Waals surface area (Å²) in [5, 5.41) is 2.93. The molecule has 27 heavy (non-hydrogen) atoms. The van der Waals surface area contributed by atoms with Gasteiger partial charge in [-0.3, -0.25) is 9.36 Å². The van der Waals surface area contributed by atoms with Gasteiger partial charge in [-0.15, -0.1) is 0 Å². The summed E-state index contributed by atoms with van der Waals surface area (Å²) >= 11 is 0. The van der Waals surface area contributed by atoms with Gasteiger partial charge in [-0.05, 0) is 37.5 Å². The second-order valence-electron chi connectivity index (χ2n) is 6.67. The van der Waals surface area contributed by atoms with Crippen LogP contribution < -0.4 is 10.2 Å². The molecule has 1 aliphatic rings. The molecule has 0 bridgehead atoms. The van der Waals surface area contributed by atoms with E-state index in [1.54, 1.807) is 25.0 Å². The Balaban J connectivity index is 1.37. The molecular weight excluding hydrogens is 342 g/mol. The lowest BCUT2D eigenvalue weighted by Crippen LogP contribution is -2.38. The predicted octanol–water partition coefficient (Wildman–Crippen LogP) is 2.22. The molecule has 3 aromatic heterocycles. The van der Waals surface area contributed by atoms with E-state index in [0.29, 0.717) is 5.82 Å². The van der Waals surface area contributed by atoms with Crippen molar-refractivity contribution in [3.63, 3.8) is 0 Å². The summed E-state index contributed by atoms with van der Waals surface area (Å²) < 4.78 is 1.85. The van der Waals surface area contributed by atoms with E-state index in [1.165, 1.54) is 0 Å². The Morgan fingerprint density at radius 3 is 2.67 bits per heavy atom. The molecule has 4 heterocycles. The van der Waals surface area contributed by atoms with Gasteiger partial charge in [-0.25, -0.2) is 19.9 Å². The number of carbonyl (C=O) groups excluding carboxylic acids is 1. The first kappa shape index (κ1) is 17.1. The molecule has 4 rings (SSSR count). The van der Waals surface area contributed by atoms with Gasteiger partial charge in [0.15, 0.2) is 0 Å². The molecule has 0 atom stereocenters. The molecule has 1 aliphatic heterocycles. The van der Waals surface area contributed by atoms with E-state index in [4.69, 9.17) is 0 Å². The minimum atomic E-state index is -0.0153. The van der Waals surface area contributed by atoms with Crippen molar-refractivity contribution in [3.8, 4) is 5.82 Å². The number of carbonyl (C=O) groups is 1. The molecule has 138 valence electrons. The number of hydrogen-bond donors (Lipinski definition) is 1. The number of aryl methyl sites for hydroxylation is 1. The van der Waals surface area contributed by atoms with Crippen LogP contribution in [-0.2, 0) is 4.79 Å². The van der Waals surface area contributed by atoms with Crippen molar-refractivity contribution in [1.82, 2.24) is 24.5 Å². The zero-order chi connectivity index (χ0) is 18.6. The van der Waals surface area contributed by atoms with Gasteiger partial charge >= 0.3 is 0 Å². The van der Waals surface area contributed by atoms with Crippen molar-refractivity contribution in [1.29, 1.82) is 0 Å². The number of aromatic nitrogens is 5. The Bertz CT molecular complexity index is 917. The van der Waals surface area contributed by atoms with Crippen LogP contribution in [0.4, 0.5) is 11.6 Å². The molecule has 8 heteroatoms. The van der Waals surface area contributed by atoms with E-state index in [2.05, 4.69) is 30.2 Å². The first-order chi connectivity index (χ1) is 13.2. The van der Waals surface area contributed by atoms with Gasteiger partial charge in [-0.2, -0.15) is 0 Å². The van der Waals surface area contributed by atoms with Crippen LogP contribution in [0.3, 0.4) is 0 Å². The van der Waals surface area contributed by atoms with Gasteiger partial charge in [-0.1, -0.05) is 0 Å². The summed E-state index contributed by atoms with van der Waals surface area (Å²) in [6.45, 7) is 3.54. The Labute approximate surface area is 157 Å². The van der Waals surface area contributed by atoms with Crippen molar-refractivity contribution in [2.24, 2.45) is 5.92 Å². The lowest BCUT2D eigenvalue weighted by Gasteiger charge is -2.32. The number of rotatable bonds is 4. The number of nitrogens with zero attached hydrogens (tertiary/aromatic N) is 6. The summed E-state index contributed by atoms with van der Waals surface area (Å²) in [6.07, 6.45) is 10.1. The third-order valence-corrected chi connectivity index (χ3v) is 4.76. The van der Waals surface area contributed by atoms with Crippen molar-refractivity contribution < 1.29 is 4.79 Å². The fourth-order valence-corrected chi connectivity index (χ4v) is 3.25. The standard InChI is InChI=1S/C19H21N7O/c1-14-2-5-21-16(10-14)24-19(27)15-3-7-25(8-4-15)17-11-18(23-12-22-17)26-9-6-20-13-26/h2,5-6,9-13,15H,3-4,7-8H2,1H3,(H,21,24,27). The van der Waals surface area contributed by atoms with E-state index < -0.39 is 0 Å². The molecule has 1 N–H and O–H groups in total. The summed E-state index contributed by atoms with van der Waals surface area (Å²) in [5.41, 5.74) is 1.08. The summed E-state index contributed by atoms with van der Waals surface area (Å²) in [6, 6.07) is 5.73. The number of piperidine rings is 1. The monoisotopic (exact) mass is 363 g/mol. The largest absolute Gasteiger partial charge is 0.356 e. The highest BCUT2D eigenvalue weighted by molar-refractivity contribution is 5.91. The average molecular weight is 363 g/mol. The average Bonchev–Trinajstić information content (AvgIpc) is 3.23. The second-order valence-corrected chi connectivity index (χ2v) is 6.67. The summed E-state index contributed by atoms with van der Waals surface area (Å²) in [5.74, 6) is 2.28. The Hall–Kier alpha value is -3.29. The number of amides is 1. The second kappa shape index (κ2) is 7.53. The van der Waals surface area contributed by atoms with E-state index >= 15 is 0 Å². The van der Waals surface area contributed by atoms with Crippen LogP contribution in [0.15, 0.2) is 49.4 Å². The summed E-state index contributed by atoms with van der Waals surface area (Å²) in [7, 11) is 0. The highest BCUT2D eigenvalue weighted by Gasteiger charge is 2.26. The van der Waals surface area contributed by atoms with E-state index in [9.17, 15) is 4.79 Å². The lowest BCUT2D eigenvalue weighted by atomic mass is 9.96. The SMILES string of the molecule is Cc1ccnc(NC(=O)C2CCN(c3cc(-n4ccnc4)ncn3)CC2)c1. The molecule has 0 aromatic carbocycles. The molecule has 0 unspecified atom stereocenters. The first-order valence-electron chi connectivity index (χ1n) is 8.98. The number of nitrogens with one attached hydrogen (secondary N) is 1. The fraction of sp³-hybridized carbons (Fsp3) is 0.316. The van der Waals surface area contributed by atoms with Crippen LogP contribution >= 0.6 is 0 Å². The normalized spacial score (nSPS) is 14.9. The number of hydrogen-bond acceptors (Lipinski definition) is 6. The number of anilines is 2. The highest BCUT2D eigenvalue weighted by atomic mass is 16.1. The third kappa shape index (κ3) is 3.94. The predicted molar refractivity (Wildman–Crippen MR) is 102 cm³/mol. The van der Waals surface area contributed by atoms with Crippen LogP contribution in [-0.4, -0.2) is 43.5 Å². The van der Waals surface area contributed by atoms with Gasteiger partial charge in [0.25, 0.3) is 0 Å². The van der Waals surface area contributed by atoms with Crippen molar-refractivity contribution in [2.45, 2.75) is 19.8 Å². The quantitative estimate of drug-likeness (QED) is 0.765. The zero-order valence-corrected chi connectivity index (χ0v) is 15.1. The molecule has 3 aromatic rings. The van der Waals surface area contributed by atoms with Crippen LogP contribution in [0.5, 0.6) is 0 Å². The maximum atomic E-state index is 12.5. The molecule has 0 saturated carbocycles. The molecule has 0 spiro atoms. The minimum absolute atomic E-state index is 0.0153. The van der Waals surface area contributed by atoms with Crippen molar-refractivity contribution in [3.05, 3.63) is 55.0 Å². The lowest BCUT2D eigenvalue weighted by molar-refractivity contribution is -0.120. The van der Waals surface area contributed by atoms with Crippen molar-refractivity contribution in [2.75, 3.05) is 23.3 Å². The molecular formula is C19H21N7O. The van der Waals surface area contributed by atoms with Gasteiger partial charge < -0.3 is 10.2 Å². The Morgan fingerprint density at radius 1 is 1.11 bits per heavy atom. The molecule has 0 aliphatic carbocycles.